The van der Waals surface area contributed by atoms with Gasteiger partial charge in [0.05, 0.1) is 23.2 Å². The molecular weight excluding hydrogens is 342 g/mol. The first-order chi connectivity index (χ1) is 11.8. The van der Waals surface area contributed by atoms with Crippen molar-refractivity contribution >= 4 is 16.0 Å². The Morgan fingerprint density at radius 2 is 1.96 bits per heavy atom. The Morgan fingerprint density at radius 3 is 2.60 bits per heavy atom. The molecule has 1 unspecified atom stereocenters. The molecule has 0 amide bonds. The highest BCUT2D eigenvalue weighted by molar-refractivity contribution is 7.89. The van der Waals surface area contributed by atoms with Gasteiger partial charge in [-0.05, 0) is 41.8 Å². The third kappa shape index (κ3) is 3.58. The van der Waals surface area contributed by atoms with Crippen LogP contribution in [0.25, 0.3) is 11.1 Å². The van der Waals surface area contributed by atoms with Crippen LogP contribution in [0.15, 0.2) is 47.4 Å². The van der Waals surface area contributed by atoms with Crippen molar-refractivity contribution in [1.82, 2.24) is 4.31 Å². The van der Waals surface area contributed by atoms with Crippen LogP contribution >= 0.6 is 0 Å². The van der Waals surface area contributed by atoms with Gasteiger partial charge in [-0.3, -0.25) is 0 Å². The van der Waals surface area contributed by atoms with Gasteiger partial charge in [0.25, 0.3) is 0 Å². The van der Waals surface area contributed by atoms with Crippen LogP contribution in [0.4, 0.5) is 0 Å². The van der Waals surface area contributed by atoms with Gasteiger partial charge in [-0.2, -0.15) is 4.31 Å². The molecule has 3 rings (SSSR count). The number of carboxylic acids is 1. The van der Waals surface area contributed by atoms with Gasteiger partial charge in [-0.25, -0.2) is 13.2 Å². The van der Waals surface area contributed by atoms with Crippen LogP contribution in [0.2, 0.25) is 0 Å². The van der Waals surface area contributed by atoms with E-state index in [4.69, 9.17) is 4.74 Å². The molecule has 1 aliphatic rings. The maximum Gasteiger partial charge on any atom is 0.335 e. The summed E-state index contributed by atoms with van der Waals surface area (Å²) in [4.78, 5) is 11.5. The summed E-state index contributed by atoms with van der Waals surface area (Å²) in [6.45, 7) is 2.62. The fourth-order valence-corrected chi connectivity index (χ4v) is 3.99. The zero-order valence-electron chi connectivity index (χ0n) is 14.0. The molecule has 6 nitrogen and oxygen atoms in total. The predicted octanol–water partition coefficient (Wildman–Crippen LogP) is 2.38. The molecule has 0 aliphatic carbocycles. The van der Waals surface area contributed by atoms with Crippen LogP contribution in [0.5, 0.6) is 0 Å². The number of likely N-dealkylation sites (N-methyl/N-ethyl adjacent to an activating group) is 1. The molecule has 2 aromatic carbocycles. The van der Waals surface area contributed by atoms with Crippen LogP contribution in [0, 0.1) is 6.92 Å². The Kier molecular flexibility index (Phi) is 4.64. The molecule has 25 heavy (non-hydrogen) atoms. The molecule has 1 fully saturated rings. The van der Waals surface area contributed by atoms with Gasteiger partial charge < -0.3 is 9.84 Å². The van der Waals surface area contributed by atoms with E-state index in [2.05, 4.69) is 0 Å². The highest BCUT2D eigenvalue weighted by Crippen LogP contribution is 2.28. The Bertz CT molecular complexity index is 919. The largest absolute Gasteiger partial charge is 0.478 e. The summed E-state index contributed by atoms with van der Waals surface area (Å²) in [6, 6.07) is 11.5. The monoisotopic (exact) mass is 361 g/mol. The summed E-state index contributed by atoms with van der Waals surface area (Å²) in [6.07, 6.45) is -0.0301. The van der Waals surface area contributed by atoms with Gasteiger partial charge in [0, 0.05) is 13.6 Å². The van der Waals surface area contributed by atoms with Gasteiger partial charge in [0.15, 0.2) is 0 Å². The summed E-state index contributed by atoms with van der Waals surface area (Å²) in [5.41, 5.74) is 2.17. The van der Waals surface area contributed by atoms with E-state index in [0.717, 1.165) is 0 Å². The number of sulfonamides is 1. The molecule has 132 valence electrons. The van der Waals surface area contributed by atoms with Crippen LogP contribution in [0.1, 0.15) is 15.9 Å². The Labute approximate surface area is 146 Å². The van der Waals surface area contributed by atoms with E-state index in [0.29, 0.717) is 29.8 Å². The van der Waals surface area contributed by atoms with E-state index >= 15 is 0 Å². The predicted molar refractivity (Wildman–Crippen MR) is 93.1 cm³/mol. The van der Waals surface area contributed by atoms with Crippen molar-refractivity contribution < 1.29 is 23.1 Å². The molecule has 0 spiro atoms. The molecule has 1 heterocycles. The number of rotatable bonds is 6. The normalized spacial score (nSPS) is 16.8. The Hall–Kier alpha value is -2.22. The third-order valence-electron chi connectivity index (χ3n) is 4.28. The molecule has 1 saturated heterocycles. The van der Waals surface area contributed by atoms with E-state index in [1.165, 1.54) is 17.4 Å². The lowest BCUT2D eigenvalue weighted by molar-refractivity contribution is 0.0696. The van der Waals surface area contributed by atoms with Gasteiger partial charge >= 0.3 is 5.97 Å². The van der Waals surface area contributed by atoms with Crippen molar-refractivity contribution in [3.63, 3.8) is 0 Å². The van der Waals surface area contributed by atoms with Crippen molar-refractivity contribution in [3.8, 4) is 11.1 Å². The van der Waals surface area contributed by atoms with Gasteiger partial charge in [-0.1, -0.05) is 24.3 Å². The summed E-state index contributed by atoms with van der Waals surface area (Å²) < 4.78 is 31.8. The number of ether oxygens (including phenoxy) is 1. The average molecular weight is 361 g/mol. The van der Waals surface area contributed by atoms with Crippen molar-refractivity contribution in [2.75, 3.05) is 20.2 Å². The molecule has 0 saturated carbocycles. The lowest BCUT2D eigenvalue weighted by Gasteiger charge is -2.17. The van der Waals surface area contributed by atoms with E-state index < -0.39 is 16.0 Å². The lowest BCUT2D eigenvalue weighted by Crippen LogP contribution is -2.30. The zero-order valence-corrected chi connectivity index (χ0v) is 14.8. The van der Waals surface area contributed by atoms with E-state index in [9.17, 15) is 18.3 Å². The summed E-state index contributed by atoms with van der Waals surface area (Å²) in [5.74, 6) is -1.01. The first-order valence-corrected chi connectivity index (χ1v) is 9.26. The van der Waals surface area contributed by atoms with Crippen LogP contribution in [-0.2, 0) is 14.8 Å². The highest BCUT2D eigenvalue weighted by atomic mass is 32.2. The molecule has 0 radical (unpaired) electrons. The molecule has 1 aliphatic heterocycles. The molecule has 2 aromatic rings. The summed E-state index contributed by atoms with van der Waals surface area (Å²) in [5, 5.41) is 9.27. The van der Waals surface area contributed by atoms with Crippen molar-refractivity contribution in [3.05, 3.63) is 53.6 Å². The number of hydrogen-bond donors (Lipinski definition) is 1. The van der Waals surface area contributed by atoms with E-state index in [1.807, 2.05) is 0 Å². The van der Waals surface area contributed by atoms with Crippen LogP contribution < -0.4 is 0 Å². The quantitative estimate of drug-likeness (QED) is 0.798. The number of carboxylic acid groups (broad SMARTS) is 1. The fraction of sp³-hybridized carbons (Fsp3) is 0.278. The van der Waals surface area contributed by atoms with E-state index in [1.54, 1.807) is 43.3 Å². The number of nitrogens with zero attached hydrogens (tertiary/aromatic N) is 1. The standard InChI is InChI=1S/C18H19NO5S/c1-12-16(7-4-8-17(12)18(20)21)13-5-3-6-15(9-13)25(22,23)19(2)10-14-11-24-14/h3-9,14H,10-11H2,1-2H3,(H,20,21). The third-order valence-corrected chi connectivity index (χ3v) is 6.10. The molecule has 1 atom stereocenters. The van der Waals surface area contributed by atoms with Gasteiger partial charge in [0.2, 0.25) is 10.0 Å². The summed E-state index contributed by atoms with van der Waals surface area (Å²) >= 11 is 0. The molecule has 0 bridgehead atoms. The molecule has 0 aromatic heterocycles. The second-order valence-corrected chi connectivity index (χ2v) is 8.10. The highest BCUT2D eigenvalue weighted by Gasteiger charge is 2.30. The Balaban J connectivity index is 2.00. The van der Waals surface area contributed by atoms with Gasteiger partial charge in [-0.15, -0.1) is 0 Å². The first kappa shape index (κ1) is 17.6. The number of benzene rings is 2. The minimum absolute atomic E-state index is 0.0301. The van der Waals surface area contributed by atoms with Gasteiger partial charge in [0.1, 0.15) is 0 Å². The van der Waals surface area contributed by atoms with Crippen molar-refractivity contribution in [2.45, 2.75) is 17.9 Å². The lowest BCUT2D eigenvalue weighted by atomic mass is 9.96. The van der Waals surface area contributed by atoms with Crippen molar-refractivity contribution in [2.24, 2.45) is 0 Å². The number of carbonyl (C=O) groups is 1. The molecule has 1 N–H and O–H groups in total. The molecule has 7 heteroatoms. The number of hydrogen-bond acceptors (Lipinski definition) is 4. The number of aromatic carboxylic acids is 1. The topological polar surface area (TPSA) is 87.2 Å². The first-order valence-electron chi connectivity index (χ1n) is 7.82. The second kappa shape index (κ2) is 6.59. The fourth-order valence-electron chi connectivity index (χ4n) is 2.74. The maximum atomic E-state index is 12.7. The van der Waals surface area contributed by atoms with Crippen molar-refractivity contribution in [1.29, 1.82) is 0 Å². The SMILES string of the molecule is Cc1c(C(=O)O)cccc1-c1cccc(S(=O)(=O)N(C)CC2CO2)c1. The minimum Gasteiger partial charge on any atom is -0.478 e. The van der Waals surface area contributed by atoms with Crippen LogP contribution in [-0.4, -0.2) is 50.1 Å². The zero-order chi connectivity index (χ0) is 18.2. The average Bonchev–Trinajstić information content (AvgIpc) is 3.39. The second-order valence-electron chi connectivity index (χ2n) is 6.05. The Morgan fingerprint density at radius 1 is 1.28 bits per heavy atom. The smallest absolute Gasteiger partial charge is 0.335 e. The number of epoxide rings is 1. The molecular formula is C18H19NO5S. The van der Waals surface area contributed by atoms with E-state index in [-0.39, 0.29) is 16.6 Å². The maximum absolute atomic E-state index is 12.7. The minimum atomic E-state index is -3.63. The summed E-state index contributed by atoms with van der Waals surface area (Å²) in [7, 11) is -2.10. The van der Waals surface area contributed by atoms with Crippen LogP contribution in [0.3, 0.4) is 0 Å².